The second kappa shape index (κ2) is 3.16. The molecule has 0 unspecified atom stereocenters. The Hall–Kier alpha value is -1.36. The lowest BCUT2D eigenvalue weighted by Gasteiger charge is -2.12. The van der Waals surface area contributed by atoms with E-state index in [0.29, 0.717) is 11.6 Å². The molecule has 0 amide bonds. The minimum atomic E-state index is 0.488. The van der Waals surface area contributed by atoms with Crippen molar-refractivity contribution < 1.29 is 4.84 Å². The van der Waals surface area contributed by atoms with Crippen LogP contribution in [-0.2, 0) is 4.84 Å². The summed E-state index contributed by atoms with van der Waals surface area (Å²) in [6.45, 7) is 0. The van der Waals surface area contributed by atoms with Crippen LogP contribution in [0.25, 0.3) is 0 Å². The summed E-state index contributed by atoms with van der Waals surface area (Å²) in [4.78, 5) is 12.7. The average molecular weight is 154 g/mol. The fourth-order valence-corrected chi connectivity index (χ4v) is 0.575. The predicted molar refractivity (Wildman–Crippen MR) is 41.9 cm³/mol. The summed E-state index contributed by atoms with van der Waals surface area (Å²) in [6, 6.07) is 0. The van der Waals surface area contributed by atoms with Gasteiger partial charge in [0.15, 0.2) is 0 Å². The van der Waals surface area contributed by atoms with Gasteiger partial charge in [0.2, 0.25) is 5.95 Å². The number of hydrogen-bond acceptors (Lipinski definition) is 5. The van der Waals surface area contributed by atoms with Crippen LogP contribution in [0.5, 0.6) is 0 Å². The molecular weight excluding hydrogens is 144 g/mol. The first kappa shape index (κ1) is 7.74. The third-order valence-electron chi connectivity index (χ3n) is 1.21. The number of nitrogens with two attached hydrogens (primary N) is 1. The molecule has 60 valence electrons. The van der Waals surface area contributed by atoms with Crippen molar-refractivity contribution in [2.45, 2.75) is 0 Å². The monoisotopic (exact) mass is 154 g/mol. The molecule has 0 aliphatic carbocycles. The molecule has 0 atom stereocenters. The van der Waals surface area contributed by atoms with Gasteiger partial charge in [0, 0.05) is 7.05 Å². The van der Waals surface area contributed by atoms with E-state index in [0.717, 1.165) is 0 Å². The van der Waals surface area contributed by atoms with Gasteiger partial charge in [-0.1, -0.05) is 0 Å². The van der Waals surface area contributed by atoms with E-state index in [-0.39, 0.29) is 0 Å². The van der Waals surface area contributed by atoms with Gasteiger partial charge in [0.05, 0.1) is 25.2 Å². The van der Waals surface area contributed by atoms with Crippen LogP contribution < -0.4 is 10.8 Å². The highest BCUT2D eigenvalue weighted by atomic mass is 16.7. The second-order valence-electron chi connectivity index (χ2n) is 2.00. The standard InChI is InChI=1S/C6H10N4O/c1-10(11-2)6-8-3-5(7)4-9-6/h3-4H,7H2,1-2H3. The zero-order chi connectivity index (χ0) is 8.27. The van der Waals surface area contributed by atoms with Gasteiger partial charge < -0.3 is 5.73 Å². The second-order valence-corrected chi connectivity index (χ2v) is 2.00. The molecule has 0 saturated carbocycles. The van der Waals surface area contributed by atoms with E-state index in [4.69, 9.17) is 10.6 Å². The molecule has 1 aromatic heterocycles. The van der Waals surface area contributed by atoms with Crippen LogP contribution in [0.1, 0.15) is 0 Å². The topological polar surface area (TPSA) is 64.3 Å². The Morgan fingerprint density at radius 1 is 1.45 bits per heavy atom. The zero-order valence-electron chi connectivity index (χ0n) is 6.48. The van der Waals surface area contributed by atoms with Crippen molar-refractivity contribution >= 4 is 11.6 Å². The Balaban J connectivity index is 2.81. The number of nitrogen functional groups attached to an aromatic ring is 1. The molecule has 11 heavy (non-hydrogen) atoms. The number of anilines is 2. The maximum absolute atomic E-state index is 5.38. The van der Waals surface area contributed by atoms with Crippen molar-refractivity contribution in [3.63, 3.8) is 0 Å². The lowest BCUT2D eigenvalue weighted by molar-refractivity contribution is 0.180. The van der Waals surface area contributed by atoms with Crippen molar-refractivity contribution in [2.75, 3.05) is 25.0 Å². The maximum Gasteiger partial charge on any atom is 0.249 e. The highest BCUT2D eigenvalue weighted by molar-refractivity contribution is 5.35. The molecule has 2 N–H and O–H groups in total. The minimum Gasteiger partial charge on any atom is -0.396 e. The van der Waals surface area contributed by atoms with Gasteiger partial charge in [-0.25, -0.2) is 15.0 Å². The van der Waals surface area contributed by atoms with Crippen molar-refractivity contribution in [1.29, 1.82) is 0 Å². The number of hydroxylamine groups is 1. The smallest absolute Gasteiger partial charge is 0.249 e. The molecule has 0 spiro atoms. The van der Waals surface area contributed by atoms with E-state index >= 15 is 0 Å². The average Bonchev–Trinajstić information content (AvgIpc) is 2.05. The lowest BCUT2D eigenvalue weighted by atomic mass is 10.6. The minimum absolute atomic E-state index is 0.488. The number of hydrogen-bond donors (Lipinski definition) is 1. The van der Waals surface area contributed by atoms with Gasteiger partial charge in [0.1, 0.15) is 0 Å². The SMILES string of the molecule is CON(C)c1ncc(N)cn1. The van der Waals surface area contributed by atoms with Crippen LogP contribution in [0.3, 0.4) is 0 Å². The van der Waals surface area contributed by atoms with Crippen LogP contribution in [0.15, 0.2) is 12.4 Å². The van der Waals surface area contributed by atoms with Gasteiger partial charge in [-0.15, -0.1) is 0 Å². The van der Waals surface area contributed by atoms with E-state index in [1.807, 2.05) is 0 Å². The molecule has 1 aromatic rings. The molecule has 1 rings (SSSR count). The van der Waals surface area contributed by atoms with E-state index in [2.05, 4.69) is 9.97 Å². The molecular formula is C6H10N4O. The third-order valence-corrected chi connectivity index (χ3v) is 1.21. The third kappa shape index (κ3) is 1.78. The van der Waals surface area contributed by atoms with E-state index < -0.39 is 0 Å². The zero-order valence-corrected chi connectivity index (χ0v) is 6.48. The van der Waals surface area contributed by atoms with Gasteiger partial charge in [0.25, 0.3) is 0 Å². The molecule has 0 fully saturated rings. The summed E-state index contributed by atoms with van der Waals surface area (Å²) in [7, 11) is 3.26. The quantitative estimate of drug-likeness (QED) is 0.610. The molecule has 5 nitrogen and oxygen atoms in total. The van der Waals surface area contributed by atoms with E-state index in [1.165, 1.54) is 17.5 Å². The Morgan fingerprint density at radius 2 is 2.00 bits per heavy atom. The molecule has 5 heteroatoms. The normalized spacial score (nSPS) is 9.64. The number of nitrogens with zero attached hydrogens (tertiary/aromatic N) is 3. The summed E-state index contributed by atoms with van der Waals surface area (Å²) in [5.41, 5.74) is 5.92. The Bertz CT molecular complexity index is 223. The van der Waals surface area contributed by atoms with Crippen molar-refractivity contribution in [2.24, 2.45) is 0 Å². The first-order valence-electron chi connectivity index (χ1n) is 3.09. The summed E-state index contributed by atoms with van der Waals surface area (Å²) >= 11 is 0. The van der Waals surface area contributed by atoms with Gasteiger partial charge in [-0.05, 0) is 0 Å². The largest absolute Gasteiger partial charge is 0.396 e. The summed E-state index contributed by atoms with van der Waals surface area (Å²) < 4.78 is 0. The summed E-state index contributed by atoms with van der Waals surface area (Å²) in [6.07, 6.45) is 3.05. The maximum atomic E-state index is 5.38. The van der Waals surface area contributed by atoms with E-state index in [1.54, 1.807) is 14.2 Å². The van der Waals surface area contributed by atoms with Crippen molar-refractivity contribution in [3.8, 4) is 0 Å². The van der Waals surface area contributed by atoms with Crippen molar-refractivity contribution in [3.05, 3.63) is 12.4 Å². The first-order chi connectivity index (χ1) is 5.24. The van der Waals surface area contributed by atoms with Crippen molar-refractivity contribution in [1.82, 2.24) is 9.97 Å². The molecule has 0 saturated heterocycles. The molecule has 0 aliphatic heterocycles. The molecule has 0 bridgehead atoms. The Kier molecular flexibility index (Phi) is 2.22. The summed E-state index contributed by atoms with van der Waals surface area (Å²) in [5, 5.41) is 1.44. The molecule has 1 heterocycles. The Labute approximate surface area is 64.8 Å². The van der Waals surface area contributed by atoms with Gasteiger partial charge >= 0.3 is 0 Å². The van der Waals surface area contributed by atoms with Crippen LogP contribution in [0, 0.1) is 0 Å². The van der Waals surface area contributed by atoms with Gasteiger partial charge in [-0.2, -0.15) is 0 Å². The highest BCUT2D eigenvalue weighted by Crippen LogP contribution is 2.04. The van der Waals surface area contributed by atoms with Crippen LogP contribution in [-0.4, -0.2) is 24.1 Å². The number of aromatic nitrogens is 2. The van der Waals surface area contributed by atoms with Crippen LogP contribution >= 0.6 is 0 Å². The first-order valence-corrected chi connectivity index (χ1v) is 3.09. The fraction of sp³-hybridized carbons (Fsp3) is 0.333. The summed E-state index contributed by atoms with van der Waals surface area (Å²) in [5.74, 6) is 0.488. The molecule has 0 radical (unpaired) electrons. The lowest BCUT2D eigenvalue weighted by Crippen LogP contribution is -2.17. The molecule has 0 aliphatic rings. The Morgan fingerprint density at radius 3 is 2.45 bits per heavy atom. The van der Waals surface area contributed by atoms with Crippen LogP contribution in [0.4, 0.5) is 11.6 Å². The van der Waals surface area contributed by atoms with Crippen LogP contribution in [0.2, 0.25) is 0 Å². The highest BCUT2D eigenvalue weighted by Gasteiger charge is 1.99. The number of rotatable bonds is 2. The fourth-order valence-electron chi connectivity index (χ4n) is 0.575. The predicted octanol–water partition coefficient (Wildman–Crippen LogP) is 0.0564. The van der Waals surface area contributed by atoms with Gasteiger partial charge in [-0.3, -0.25) is 4.84 Å². The van der Waals surface area contributed by atoms with E-state index in [9.17, 15) is 0 Å². The molecule has 0 aromatic carbocycles.